The molecule has 136 valence electrons. The van der Waals surface area contributed by atoms with Crippen LogP contribution in [0, 0.1) is 0 Å². The maximum atomic E-state index is 12.0. The van der Waals surface area contributed by atoms with Crippen LogP contribution in [0.25, 0.3) is 11.1 Å². The lowest BCUT2D eigenvalue weighted by atomic mass is 9.99. The highest BCUT2D eigenvalue weighted by Gasteiger charge is 2.07. The van der Waals surface area contributed by atoms with Gasteiger partial charge in [0.25, 0.3) is 5.91 Å². The molecule has 1 fully saturated rings. The second-order valence-electron chi connectivity index (χ2n) is 6.66. The van der Waals surface area contributed by atoms with Crippen molar-refractivity contribution in [2.45, 2.75) is 44.9 Å². The summed E-state index contributed by atoms with van der Waals surface area (Å²) in [6.07, 6.45) is 8.14. The zero-order chi connectivity index (χ0) is 18.0. The van der Waals surface area contributed by atoms with E-state index in [9.17, 15) is 4.79 Å². The van der Waals surface area contributed by atoms with Gasteiger partial charge in [-0.15, -0.1) is 0 Å². The lowest BCUT2D eigenvalue weighted by Crippen LogP contribution is -2.26. The van der Waals surface area contributed by atoms with Gasteiger partial charge in [0.2, 0.25) is 0 Å². The second-order valence-corrected chi connectivity index (χ2v) is 6.66. The Morgan fingerprint density at radius 3 is 2.15 bits per heavy atom. The molecular formula is C22H26N2O2. The van der Waals surface area contributed by atoms with E-state index < -0.39 is 0 Å². The van der Waals surface area contributed by atoms with E-state index in [1.54, 1.807) is 0 Å². The largest absolute Gasteiger partial charge is 0.484 e. The van der Waals surface area contributed by atoms with E-state index in [1.165, 1.54) is 32.1 Å². The number of nitrogens with zero attached hydrogens (tertiary/aromatic N) is 1. The average molecular weight is 350 g/mol. The Morgan fingerprint density at radius 1 is 0.846 bits per heavy atom. The highest BCUT2D eigenvalue weighted by molar-refractivity contribution is 5.86. The molecule has 2 aromatic carbocycles. The predicted octanol–water partition coefficient (Wildman–Crippen LogP) is 4.95. The van der Waals surface area contributed by atoms with Crippen LogP contribution in [0.1, 0.15) is 44.9 Å². The van der Waals surface area contributed by atoms with Crippen LogP contribution in [0.5, 0.6) is 5.75 Å². The Labute approximate surface area is 155 Å². The van der Waals surface area contributed by atoms with Crippen LogP contribution in [0.3, 0.4) is 0 Å². The van der Waals surface area contributed by atoms with Gasteiger partial charge in [-0.1, -0.05) is 61.7 Å². The molecule has 1 saturated carbocycles. The summed E-state index contributed by atoms with van der Waals surface area (Å²) in [6.45, 7) is -0.0263. The van der Waals surface area contributed by atoms with Crippen molar-refractivity contribution in [2.24, 2.45) is 5.10 Å². The van der Waals surface area contributed by atoms with Gasteiger partial charge in [0, 0.05) is 5.71 Å². The smallest absolute Gasteiger partial charge is 0.277 e. The molecule has 26 heavy (non-hydrogen) atoms. The third kappa shape index (κ3) is 5.73. The molecule has 0 spiro atoms. The molecule has 0 aromatic heterocycles. The van der Waals surface area contributed by atoms with Crippen LogP contribution in [0.2, 0.25) is 0 Å². The number of ether oxygens (including phenoxy) is 1. The van der Waals surface area contributed by atoms with Crippen LogP contribution in [0.15, 0.2) is 59.7 Å². The van der Waals surface area contributed by atoms with Gasteiger partial charge in [0.15, 0.2) is 6.61 Å². The van der Waals surface area contributed by atoms with Gasteiger partial charge >= 0.3 is 0 Å². The van der Waals surface area contributed by atoms with Gasteiger partial charge in [-0.3, -0.25) is 4.79 Å². The summed E-state index contributed by atoms with van der Waals surface area (Å²) in [5.41, 5.74) is 6.02. The van der Waals surface area contributed by atoms with E-state index in [0.29, 0.717) is 5.75 Å². The van der Waals surface area contributed by atoms with Crippen LogP contribution < -0.4 is 10.2 Å². The zero-order valence-electron chi connectivity index (χ0n) is 15.1. The van der Waals surface area contributed by atoms with Crippen molar-refractivity contribution in [1.29, 1.82) is 0 Å². The normalized spacial score (nSPS) is 14.8. The monoisotopic (exact) mass is 350 g/mol. The zero-order valence-corrected chi connectivity index (χ0v) is 15.1. The topological polar surface area (TPSA) is 50.7 Å². The minimum absolute atomic E-state index is 0.0263. The summed E-state index contributed by atoms with van der Waals surface area (Å²) in [5.74, 6) is 0.463. The molecule has 2 aromatic rings. The minimum Gasteiger partial charge on any atom is -0.484 e. The molecule has 1 aliphatic rings. The van der Waals surface area contributed by atoms with Crippen LogP contribution in [-0.2, 0) is 4.79 Å². The number of benzene rings is 2. The van der Waals surface area contributed by atoms with Gasteiger partial charge < -0.3 is 4.74 Å². The number of amides is 1. The Hall–Kier alpha value is -2.62. The summed E-state index contributed by atoms with van der Waals surface area (Å²) >= 11 is 0. The fourth-order valence-electron chi connectivity index (χ4n) is 3.12. The molecule has 1 aliphatic carbocycles. The SMILES string of the molecule is O=C(COc1ccc(-c2ccccc2)cc1)NN=C1CCCCCCC1. The fraction of sp³-hybridized carbons (Fsp3) is 0.364. The molecule has 0 heterocycles. The summed E-state index contributed by atoms with van der Waals surface area (Å²) in [6, 6.07) is 17.9. The van der Waals surface area contributed by atoms with Crippen LogP contribution in [0.4, 0.5) is 0 Å². The first-order chi connectivity index (χ1) is 12.8. The molecule has 0 bridgehead atoms. The van der Waals surface area contributed by atoms with Gasteiger partial charge in [-0.2, -0.15) is 5.10 Å². The average Bonchev–Trinajstić information content (AvgIpc) is 2.66. The van der Waals surface area contributed by atoms with E-state index in [0.717, 1.165) is 29.7 Å². The molecule has 1 amide bonds. The third-order valence-corrected chi connectivity index (χ3v) is 4.60. The molecule has 0 saturated heterocycles. The van der Waals surface area contributed by atoms with Crippen LogP contribution in [-0.4, -0.2) is 18.2 Å². The van der Waals surface area contributed by atoms with Crippen molar-refractivity contribution in [3.63, 3.8) is 0 Å². The lowest BCUT2D eigenvalue weighted by Gasteiger charge is -2.11. The van der Waals surface area contributed by atoms with Gasteiger partial charge in [-0.25, -0.2) is 5.43 Å². The summed E-state index contributed by atoms with van der Waals surface area (Å²) < 4.78 is 5.56. The van der Waals surface area contributed by atoms with E-state index in [4.69, 9.17) is 4.74 Å². The molecule has 0 aliphatic heterocycles. The maximum absolute atomic E-state index is 12.0. The molecule has 4 heteroatoms. The molecule has 0 atom stereocenters. The first-order valence-corrected chi connectivity index (χ1v) is 9.44. The predicted molar refractivity (Wildman–Crippen MR) is 105 cm³/mol. The summed E-state index contributed by atoms with van der Waals surface area (Å²) in [4.78, 5) is 12.0. The number of hydrogen-bond donors (Lipinski definition) is 1. The van der Waals surface area contributed by atoms with Crippen molar-refractivity contribution >= 4 is 11.6 Å². The van der Waals surface area contributed by atoms with Crippen molar-refractivity contribution in [3.8, 4) is 16.9 Å². The molecule has 0 radical (unpaired) electrons. The molecule has 4 nitrogen and oxygen atoms in total. The fourth-order valence-corrected chi connectivity index (χ4v) is 3.12. The van der Waals surface area contributed by atoms with E-state index >= 15 is 0 Å². The highest BCUT2D eigenvalue weighted by atomic mass is 16.5. The molecule has 1 N–H and O–H groups in total. The molecule has 3 rings (SSSR count). The van der Waals surface area contributed by atoms with E-state index in [-0.39, 0.29) is 12.5 Å². The first-order valence-electron chi connectivity index (χ1n) is 9.44. The van der Waals surface area contributed by atoms with Gasteiger partial charge in [0.05, 0.1) is 0 Å². The van der Waals surface area contributed by atoms with Crippen LogP contribution >= 0.6 is 0 Å². The van der Waals surface area contributed by atoms with E-state index in [2.05, 4.69) is 22.7 Å². The molecular weight excluding hydrogens is 324 g/mol. The standard InChI is InChI=1S/C22H26N2O2/c25-22(24-23-20-11-7-2-1-3-8-12-20)17-26-21-15-13-19(14-16-21)18-9-5-4-6-10-18/h4-6,9-10,13-16H,1-3,7-8,11-12,17H2,(H,24,25). The third-order valence-electron chi connectivity index (χ3n) is 4.60. The number of hydrazone groups is 1. The Balaban J connectivity index is 1.46. The number of carbonyl (C=O) groups is 1. The van der Waals surface area contributed by atoms with E-state index in [1.807, 2.05) is 42.5 Å². The van der Waals surface area contributed by atoms with Gasteiger partial charge in [-0.05, 0) is 48.9 Å². The minimum atomic E-state index is -0.216. The highest BCUT2D eigenvalue weighted by Crippen LogP contribution is 2.22. The quantitative estimate of drug-likeness (QED) is 0.776. The van der Waals surface area contributed by atoms with Crippen molar-refractivity contribution in [1.82, 2.24) is 5.43 Å². The van der Waals surface area contributed by atoms with Crippen molar-refractivity contribution in [2.75, 3.05) is 6.61 Å². The number of carbonyl (C=O) groups excluding carboxylic acids is 1. The number of nitrogens with one attached hydrogen (secondary N) is 1. The summed E-state index contributed by atoms with van der Waals surface area (Å²) in [5, 5.41) is 4.29. The van der Waals surface area contributed by atoms with Crippen molar-refractivity contribution in [3.05, 3.63) is 54.6 Å². The lowest BCUT2D eigenvalue weighted by molar-refractivity contribution is -0.123. The Bertz CT molecular complexity index is 714. The maximum Gasteiger partial charge on any atom is 0.277 e. The summed E-state index contributed by atoms with van der Waals surface area (Å²) in [7, 11) is 0. The Morgan fingerprint density at radius 2 is 1.46 bits per heavy atom. The second kappa shape index (κ2) is 9.76. The number of rotatable bonds is 5. The Kier molecular flexibility index (Phi) is 6.82. The van der Waals surface area contributed by atoms with Crippen molar-refractivity contribution < 1.29 is 9.53 Å². The first kappa shape index (κ1) is 18.2. The molecule has 0 unspecified atom stereocenters. The number of hydrogen-bond acceptors (Lipinski definition) is 3. The van der Waals surface area contributed by atoms with Gasteiger partial charge in [0.1, 0.15) is 5.75 Å².